The van der Waals surface area contributed by atoms with E-state index >= 15 is 0 Å². The molecule has 2 heterocycles. The fourth-order valence-electron chi connectivity index (χ4n) is 2.27. The summed E-state index contributed by atoms with van der Waals surface area (Å²) in [7, 11) is 0. The van der Waals surface area contributed by atoms with Crippen LogP contribution in [0.15, 0.2) is 33.9 Å². The highest BCUT2D eigenvalue weighted by atomic mass is 19.1. The Labute approximate surface area is 118 Å². The Morgan fingerprint density at radius 2 is 1.90 bits per heavy atom. The van der Waals surface area contributed by atoms with Crippen molar-refractivity contribution in [3.8, 4) is 6.07 Å². The lowest BCUT2D eigenvalue weighted by Crippen LogP contribution is -2.42. The van der Waals surface area contributed by atoms with Gasteiger partial charge in [0.1, 0.15) is 12.4 Å². The molecule has 0 saturated carbocycles. The Kier molecular flexibility index (Phi) is 3.02. The molecule has 0 unspecified atom stereocenters. The van der Waals surface area contributed by atoms with Gasteiger partial charge in [-0.1, -0.05) is 0 Å². The second kappa shape index (κ2) is 4.86. The van der Waals surface area contributed by atoms with Gasteiger partial charge in [0.2, 0.25) is 5.95 Å². The van der Waals surface area contributed by atoms with Gasteiger partial charge in [0, 0.05) is 18.8 Å². The predicted molar refractivity (Wildman–Crippen MR) is 71.8 cm³/mol. The third kappa shape index (κ3) is 2.08. The zero-order chi connectivity index (χ0) is 15.0. The lowest BCUT2D eigenvalue weighted by Gasteiger charge is -2.17. The number of rotatable bonds is 2. The van der Waals surface area contributed by atoms with E-state index in [1.54, 1.807) is 23.1 Å². The number of hydrogen-bond donors (Lipinski definition) is 0. The molecule has 1 aromatic heterocycles. The van der Waals surface area contributed by atoms with Gasteiger partial charge in [0.05, 0.1) is 6.07 Å². The van der Waals surface area contributed by atoms with Crippen molar-refractivity contribution in [2.24, 2.45) is 0 Å². The van der Waals surface area contributed by atoms with Gasteiger partial charge in [-0.15, -0.1) is 5.10 Å². The molecule has 106 valence electrons. The molecule has 1 aliphatic rings. The third-order valence-corrected chi connectivity index (χ3v) is 3.26. The van der Waals surface area contributed by atoms with Crippen LogP contribution in [-0.4, -0.2) is 20.9 Å². The third-order valence-electron chi connectivity index (χ3n) is 3.26. The molecule has 0 fully saturated rings. The van der Waals surface area contributed by atoms with Crippen LogP contribution >= 0.6 is 0 Å². The molecule has 3 rings (SSSR count). The Morgan fingerprint density at radius 1 is 1.19 bits per heavy atom. The van der Waals surface area contributed by atoms with Crippen molar-refractivity contribution in [1.82, 2.24) is 14.3 Å². The number of nitriles is 1. The van der Waals surface area contributed by atoms with E-state index in [1.807, 2.05) is 0 Å². The first-order valence-corrected chi connectivity index (χ1v) is 6.24. The highest BCUT2D eigenvalue weighted by Gasteiger charge is 2.25. The fraction of sp³-hybridized carbons (Fsp3) is 0.231. The van der Waals surface area contributed by atoms with Crippen molar-refractivity contribution >= 4 is 11.6 Å². The molecule has 0 radical (unpaired) electrons. The van der Waals surface area contributed by atoms with Crippen molar-refractivity contribution in [3.63, 3.8) is 0 Å². The van der Waals surface area contributed by atoms with Crippen LogP contribution in [0, 0.1) is 17.1 Å². The highest BCUT2D eigenvalue weighted by molar-refractivity contribution is 5.58. The number of fused-ring (bicyclic) bond motifs is 1. The summed E-state index contributed by atoms with van der Waals surface area (Å²) in [5.41, 5.74) is -0.863. The molecule has 0 saturated heterocycles. The molecule has 7 nitrogen and oxygen atoms in total. The Bertz CT molecular complexity index is 847. The summed E-state index contributed by atoms with van der Waals surface area (Å²) >= 11 is 0. The van der Waals surface area contributed by atoms with E-state index in [0.29, 0.717) is 18.8 Å². The van der Waals surface area contributed by atoms with Gasteiger partial charge >= 0.3 is 11.1 Å². The lowest BCUT2D eigenvalue weighted by molar-refractivity contribution is 0.604. The average molecular weight is 287 g/mol. The second-order valence-electron chi connectivity index (χ2n) is 4.51. The van der Waals surface area contributed by atoms with Crippen LogP contribution in [0.4, 0.5) is 16.0 Å². The second-order valence-corrected chi connectivity index (χ2v) is 4.51. The quantitative estimate of drug-likeness (QED) is 0.738. The number of anilines is 2. The molecular weight excluding hydrogens is 277 g/mol. The summed E-state index contributed by atoms with van der Waals surface area (Å²) in [6, 6.07) is 7.54. The Hall–Kier alpha value is -2.95. The maximum atomic E-state index is 13.0. The van der Waals surface area contributed by atoms with Gasteiger partial charge in [-0.3, -0.25) is 14.2 Å². The van der Waals surface area contributed by atoms with Crippen LogP contribution in [0.1, 0.15) is 0 Å². The van der Waals surface area contributed by atoms with Crippen LogP contribution in [0.5, 0.6) is 0 Å². The number of hydrogen-bond acceptors (Lipinski definition) is 5. The van der Waals surface area contributed by atoms with Gasteiger partial charge in [-0.25, -0.2) is 9.07 Å². The van der Waals surface area contributed by atoms with Crippen molar-refractivity contribution in [2.75, 3.05) is 11.4 Å². The number of nitrogens with zero attached hydrogens (tertiary/aromatic N) is 5. The lowest BCUT2D eigenvalue weighted by atomic mass is 10.3. The first-order valence-electron chi connectivity index (χ1n) is 6.24. The fourth-order valence-corrected chi connectivity index (χ4v) is 2.27. The van der Waals surface area contributed by atoms with Gasteiger partial charge in [0.25, 0.3) is 0 Å². The molecule has 0 spiro atoms. The van der Waals surface area contributed by atoms with Crippen LogP contribution in [-0.2, 0) is 13.1 Å². The summed E-state index contributed by atoms with van der Waals surface area (Å²) in [6.07, 6.45) is 0. The number of aromatic nitrogens is 3. The maximum absolute atomic E-state index is 13.0. The highest BCUT2D eigenvalue weighted by Crippen LogP contribution is 2.26. The first kappa shape index (κ1) is 13.1. The summed E-state index contributed by atoms with van der Waals surface area (Å²) < 4.78 is 15.1. The predicted octanol–water partition coefficient (Wildman–Crippen LogP) is 0.219. The summed E-state index contributed by atoms with van der Waals surface area (Å²) in [5.74, 6) is -0.0841. The first-order chi connectivity index (χ1) is 10.1. The van der Waals surface area contributed by atoms with E-state index in [4.69, 9.17) is 5.26 Å². The van der Waals surface area contributed by atoms with Crippen LogP contribution in [0.3, 0.4) is 0 Å². The van der Waals surface area contributed by atoms with Crippen molar-refractivity contribution in [2.45, 2.75) is 13.1 Å². The van der Waals surface area contributed by atoms with E-state index in [2.05, 4.69) is 5.10 Å². The van der Waals surface area contributed by atoms with Gasteiger partial charge < -0.3 is 4.90 Å². The van der Waals surface area contributed by atoms with Crippen LogP contribution < -0.4 is 16.0 Å². The summed E-state index contributed by atoms with van der Waals surface area (Å²) in [6.45, 7) is 0.476. The zero-order valence-electron chi connectivity index (χ0n) is 10.9. The number of halogens is 1. The van der Waals surface area contributed by atoms with Crippen molar-refractivity contribution in [3.05, 3.63) is 50.8 Å². The van der Waals surface area contributed by atoms with E-state index in [0.717, 1.165) is 4.68 Å². The standard InChI is InChI=1S/C13H10FN5O2/c14-9-1-3-10(4-2-9)17-7-8-18-11(20)12(21)19(6-5-15)16-13(17)18/h1-4H,6-8H2. The van der Waals surface area contributed by atoms with E-state index in [9.17, 15) is 14.0 Å². The molecular formula is C13H10FN5O2. The van der Waals surface area contributed by atoms with Crippen LogP contribution in [0.2, 0.25) is 0 Å². The molecule has 0 N–H and O–H groups in total. The molecule has 21 heavy (non-hydrogen) atoms. The molecule has 0 aliphatic carbocycles. The SMILES string of the molecule is N#CCn1nc2n(c(=O)c1=O)CCN2c1ccc(F)cc1. The van der Waals surface area contributed by atoms with Crippen molar-refractivity contribution < 1.29 is 4.39 Å². The molecule has 8 heteroatoms. The molecule has 1 aromatic carbocycles. The van der Waals surface area contributed by atoms with Crippen LogP contribution in [0.25, 0.3) is 0 Å². The minimum Gasteiger partial charge on any atom is -0.309 e. The minimum atomic E-state index is -0.818. The van der Waals surface area contributed by atoms with E-state index in [-0.39, 0.29) is 18.3 Å². The monoisotopic (exact) mass is 287 g/mol. The van der Waals surface area contributed by atoms with E-state index in [1.165, 1.54) is 16.7 Å². The van der Waals surface area contributed by atoms with Gasteiger partial charge in [-0.05, 0) is 24.3 Å². The van der Waals surface area contributed by atoms with Crippen molar-refractivity contribution in [1.29, 1.82) is 5.26 Å². The maximum Gasteiger partial charge on any atom is 0.333 e. The molecule has 2 aromatic rings. The molecule has 1 aliphatic heterocycles. The Morgan fingerprint density at radius 3 is 2.57 bits per heavy atom. The van der Waals surface area contributed by atoms with Gasteiger partial charge in [-0.2, -0.15) is 5.26 Å². The summed E-state index contributed by atoms with van der Waals surface area (Å²) in [5, 5.41) is 12.7. The summed E-state index contributed by atoms with van der Waals surface area (Å²) in [4.78, 5) is 25.4. The minimum absolute atomic E-state index is 0.279. The van der Waals surface area contributed by atoms with Gasteiger partial charge in [0.15, 0.2) is 0 Å². The zero-order valence-corrected chi connectivity index (χ0v) is 10.9. The van der Waals surface area contributed by atoms with E-state index < -0.39 is 11.1 Å². The topological polar surface area (TPSA) is 83.9 Å². The molecule has 0 amide bonds. The largest absolute Gasteiger partial charge is 0.333 e. The average Bonchev–Trinajstić information content (AvgIpc) is 2.89. The molecule has 0 bridgehead atoms. The number of benzene rings is 1. The Balaban J connectivity index is 2.14. The normalized spacial score (nSPS) is 13.0. The smallest absolute Gasteiger partial charge is 0.309 e. The molecule has 0 atom stereocenters.